The van der Waals surface area contributed by atoms with E-state index in [0.29, 0.717) is 17.1 Å². The van der Waals surface area contributed by atoms with Crippen molar-refractivity contribution >= 4 is 32.8 Å². The van der Waals surface area contributed by atoms with E-state index < -0.39 is 11.4 Å². The third-order valence-corrected chi connectivity index (χ3v) is 5.36. The highest BCUT2D eigenvalue weighted by atomic mass is 79.9. The van der Waals surface area contributed by atoms with Gasteiger partial charge in [-0.1, -0.05) is 22.0 Å². The summed E-state index contributed by atoms with van der Waals surface area (Å²) in [6.45, 7) is 1.88. The van der Waals surface area contributed by atoms with Crippen LogP contribution < -0.4 is 9.47 Å². The quantitative estimate of drug-likeness (QED) is 0.718. The predicted molar refractivity (Wildman–Crippen MR) is 97.3 cm³/mol. The van der Waals surface area contributed by atoms with E-state index in [4.69, 9.17) is 9.47 Å². The fraction of sp³-hybridized carbons (Fsp3) is 0.211. The maximum atomic E-state index is 12.4. The molecule has 2 heterocycles. The lowest BCUT2D eigenvalue weighted by atomic mass is 9.76. The van der Waals surface area contributed by atoms with Crippen LogP contribution in [0.4, 0.5) is 0 Å². The Kier molecular flexibility index (Phi) is 3.54. The number of rotatable bonds is 3. The Morgan fingerprint density at radius 1 is 1.20 bits per heavy atom. The molecule has 6 heteroatoms. The summed E-state index contributed by atoms with van der Waals surface area (Å²) < 4.78 is 13.6. The molecule has 3 aromatic rings. The van der Waals surface area contributed by atoms with Crippen LogP contribution in [0.1, 0.15) is 18.1 Å². The van der Waals surface area contributed by atoms with E-state index in [-0.39, 0.29) is 6.79 Å². The molecule has 128 valence electrons. The predicted octanol–water partition coefficient (Wildman–Crippen LogP) is 4.06. The van der Waals surface area contributed by atoms with Crippen LogP contribution in [0.2, 0.25) is 0 Å². The van der Waals surface area contributed by atoms with Crippen LogP contribution in [0.5, 0.6) is 11.5 Å². The number of nitrogens with zero attached hydrogens (tertiary/aromatic N) is 1. The second-order valence-corrected chi connectivity index (χ2v) is 7.23. The summed E-state index contributed by atoms with van der Waals surface area (Å²) >= 11 is 3.48. The standard InChI is InChI=1S/C19H16BrNO4/c1-19(18(22)23,11-3-6-16-17(7-11)25-10-24-16)14-9-21(2)15-5-4-12(20)8-13(14)15/h3-9H,10H2,1-2H3,(H,22,23). The lowest BCUT2D eigenvalue weighted by Gasteiger charge is -2.25. The van der Waals surface area contributed by atoms with Crippen LogP contribution in [-0.4, -0.2) is 22.4 Å². The molecule has 1 aliphatic heterocycles. The van der Waals surface area contributed by atoms with Gasteiger partial charge in [-0.3, -0.25) is 4.79 Å². The van der Waals surface area contributed by atoms with Crippen molar-refractivity contribution in [2.75, 3.05) is 6.79 Å². The number of benzene rings is 2. The van der Waals surface area contributed by atoms with Gasteiger partial charge < -0.3 is 19.1 Å². The van der Waals surface area contributed by atoms with Gasteiger partial charge in [-0.2, -0.15) is 0 Å². The van der Waals surface area contributed by atoms with Crippen molar-refractivity contribution < 1.29 is 19.4 Å². The molecule has 0 saturated carbocycles. The van der Waals surface area contributed by atoms with Crippen LogP contribution in [0.3, 0.4) is 0 Å². The highest BCUT2D eigenvalue weighted by Gasteiger charge is 2.40. The first-order chi connectivity index (χ1) is 11.9. The van der Waals surface area contributed by atoms with Gasteiger partial charge in [-0.25, -0.2) is 0 Å². The molecule has 2 aromatic carbocycles. The summed E-state index contributed by atoms with van der Waals surface area (Å²) in [5.74, 6) is 0.294. The maximum absolute atomic E-state index is 12.4. The number of hydrogen-bond acceptors (Lipinski definition) is 3. The fourth-order valence-corrected chi connectivity index (χ4v) is 3.73. The van der Waals surface area contributed by atoms with Gasteiger partial charge in [0, 0.05) is 28.6 Å². The van der Waals surface area contributed by atoms with Gasteiger partial charge in [0.25, 0.3) is 0 Å². The van der Waals surface area contributed by atoms with Crippen LogP contribution in [0.25, 0.3) is 10.9 Å². The van der Waals surface area contributed by atoms with E-state index >= 15 is 0 Å². The topological polar surface area (TPSA) is 60.7 Å². The minimum absolute atomic E-state index is 0.157. The summed E-state index contributed by atoms with van der Waals surface area (Å²) in [6, 6.07) is 11.2. The normalized spacial score (nSPS) is 15.3. The van der Waals surface area contributed by atoms with Gasteiger partial charge in [-0.15, -0.1) is 0 Å². The highest BCUT2D eigenvalue weighted by Crippen LogP contribution is 2.42. The molecule has 25 heavy (non-hydrogen) atoms. The van der Waals surface area contributed by atoms with Crippen LogP contribution in [0, 0.1) is 0 Å². The van der Waals surface area contributed by atoms with Crippen molar-refractivity contribution in [3.05, 3.63) is 58.2 Å². The Morgan fingerprint density at radius 3 is 2.72 bits per heavy atom. The molecule has 1 aromatic heterocycles. The zero-order valence-electron chi connectivity index (χ0n) is 13.7. The van der Waals surface area contributed by atoms with E-state index in [0.717, 1.165) is 20.9 Å². The first-order valence-electron chi connectivity index (χ1n) is 7.80. The first-order valence-corrected chi connectivity index (χ1v) is 8.59. The number of aliphatic carboxylic acids is 1. The Balaban J connectivity index is 1.99. The average molecular weight is 402 g/mol. The molecule has 1 unspecified atom stereocenters. The van der Waals surface area contributed by atoms with Crippen molar-refractivity contribution in [2.24, 2.45) is 7.05 Å². The van der Waals surface area contributed by atoms with E-state index in [1.807, 2.05) is 36.0 Å². The number of hydrogen-bond donors (Lipinski definition) is 1. The number of carboxylic acid groups (broad SMARTS) is 1. The molecular formula is C19H16BrNO4. The number of halogens is 1. The first kappa shape index (κ1) is 16.0. The molecule has 0 radical (unpaired) electrons. The molecule has 0 amide bonds. The van der Waals surface area contributed by atoms with Crippen molar-refractivity contribution in [3.63, 3.8) is 0 Å². The number of carbonyl (C=O) groups is 1. The third-order valence-electron chi connectivity index (χ3n) is 4.87. The molecule has 0 saturated heterocycles. The zero-order valence-corrected chi connectivity index (χ0v) is 15.3. The molecule has 0 fully saturated rings. The molecule has 0 spiro atoms. The van der Waals surface area contributed by atoms with Gasteiger partial charge in [0.1, 0.15) is 5.41 Å². The largest absolute Gasteiger partial charge is 0.480 e. The van der Waals surface area contributed by atoms with Crippen molar-refractivity contribution in [1.82, 2.24) is 4.57 Å². The zero-order chi connectivity index (χ0) is 17.8. The van der Waals surface area contributed by atoms with Crippen LogP contribution in [-0.2, 0) is 17.3 Å². The monoisotopic (exact) mass is 401 g/mol. The number of carboxylic acids is 1. The summed E-state index contributed by atoms with van der Waals surface area (Å²) in [5.41, 5.74) is 1.14. The summed E-state index contributed by atoms with van der Waals surface area (Å²) in [7, 11) is 1.92. The van der Waals surface area contributed by atoms with Gasteiger partial charge in [0.2, 0.25) is 6.79 Å². The molecule has 0 bridgehead atoms. The van der Waals surface area contributed by atoms with Crippen molar-refractivity contribution in [1.29, 1.82) is 0 Å². The molecule has 4 rings (SSSR count). The Hall–Kier alpha value is -2.47. The number of aryl methyl sites for hydroxylation is 1. The Labute approximate surface area is 152 Å². The maximum Gasteiger partial charge on any atom is 0.318 e. The lowest BCUT2D eigenvalue weighted by molar-refractivity contribution is -0.141. The van der Waals surface area contributed by atoms with Crippen LogP contribution >= 0.6 is 15.9 Å². The lowest BCUT2D eigenvalue weighted by Crippen LogP contribution is -2.33. The minimum atomic E-state index is -1.22. The second kappa shape index (κ2) is 5.52. The number of ether oxygens (including phenoxy) is 2. The van der Waals surface area contributed by atoms with E-state index in [1.54, 1.807) is 25.1 Å². The van der Waals surface area contributed by atoms with E-state index in [9.17, 15) is 9.90 Å². The third kappa shape index (κ3) is 2.32. The van der Waals surface area contributed by atoms with Crippen molar-refractivity contribution in [2.45, 2.75) is 12.3 Å². The van der Waals surface area contributed by atoms with Gasteiger partial charge in [-0.05, 0) is 48.4 Å². The molecule has 1 N–H and O–H groups in total. The molecule has 5 nitrogen and oxygen atoms in total. The van der Waals surface area contributed by atoms with E-state index in [1.165, 1.54) is 0 Å². The molecule has 1 atom stereocenters. The smallest absolute Gasteiger partial charge is 0.318 e. The number of fused-ring (bicyclic) bond motifs is 2. The average Bonchev–Trinajstić information content (AvgIpc) is 3.17. The SMILES string of the molecule is Cn1cc(C(C)(C(=O)O)c2ccc3c(c2)OCO3)c2cc(Br)ccc21. The van der Waals surface area contributed by atoms with Crippen LogP contribution in [0.15, 0.2) is 47.1 Å². The molecular weight excluding hydrogens is 386 g/mol. The van der Waals surface area contributed by atoms with Gasteiger partial charge in [0.05, 0.1) is 0 Å². The Bertz CT molecular complexity index is 1010. The summed E-state index contributed by atoms with van der Waals surface area (Å²) in [6.07, 6.45) is 1.88. The molecule has 0 aliphatic carbocycles. The van der Waals surface area contributed by atoms with Crippen molar-refractivity contribution in [3.8, 4) is 11.5 Å². The Morgan fingerprint density at radius 2 is 1.96 bits per heavy atom. The van der Waals surface area contributed by atoms with Gasteiger partial charge >= 0.3 is 5.97 Å². The fourth-order valence-electron chi connectivity index (χ4n) is 3.36. The summed E-state index contributed by atoms with van der Waals surface area (Å²) in [5, 5.41) is 11.0. The second-order valence-electron chi connectivity index (χ2n) is 6.31. The molecule has 1 aliphatic rings. The minimum Gasteiger partial charge on any atom is -0.480 e. The number of aromatic nitrogens is 1. The van der Waals surface area contributed by atoms with E-state index in [2.05, 4.69) is 15.9 Å². The highest BCUT2D eigenvalue weighted by molar-refractivity contribution is 9.10. The van der Waals surface area contributed by atoms with Gasteiger partial charge in [0.15, 0.2) is 11.5 Å². The summed E-state index contributed by atoms with van der Waals surface area (Å²) in [4.78, 5) is 12.4.